The Hall–Kier alpha value is -1.87. The predicted octanol–water partition coefficient (Wildman–Crippen LogP) is 2.02. The molecular formula is C22H30ClN5O3. The van der Waals surface area contributed by atoms with Gasteiger partial charge in [-0.05, 0) is 56.2 Å². The van der Waals surface area contributed by atoms with E-state index in [9.17, 15) is 9.59 Å². The summed E-state index contributed by atoms with van der Waals surface area (Å²) in [5, 5.41) is 3.92. The fourth-order valence-corrected chi connectivity index (χ4v) is 5.69. The van der Waals surface area contributed by atoms with Crippen LogP contribution in [0.3, 0.4) is 0 Å². The molecule has 1 aromatic carbocycles. The second-order valence-electron chi connectivity index (χ2n) is 9.74. The molecule has 2 saturated carbocycles. The molecule has 2 aliphatic carbocycles. The van der Waals surface area contributed by atoms with Gasteiger partial charge in [-0.1, -0.05) is 23.7 Å². The minimum absolute atomic E-state index is 0.0788. The van der Waals surface area contributed by atoms with Crippen LogP contribution in [0, 0.1) is 18.3 Å². The summed E-state index contributed by atoms with van der Waals surface area (Å²) in [6.07, 6.45) is 4.39. The molecule has 2 heterocycles. The summed E-state index contributed by atoms with van der Waals surface area (Å²) in [6.45, 7) is 3.59. The number of fused-ring (bicyclic) bond motifs is 1. The van der Waals surface area contributed by atoms with E-state index >= 15 is 0 Å². The summed E-state index contributed by atoms with van der Waals surface area (Å²) in [5.41, 5.74) is 11.4. The number of hydrazine groups is 2. The molecule has 168 valence electrons. The zero-order valence-corrected chi connectivity index (χ0v) is 18.5. The van der Waals surface area contributed by atoms with Crippen LogP contribution in [0.4, 0.5) is 4.79 Å². The second kappa shape index (κ2) is 8.24. The number of nitrogens with zero attached hydrogens (tertiary/aromatic N) is 1. The summed E-state index contributed by atoms with van der Waals surface area (Å²) in [6, 6.07) is 6.65. The molecule has 4 N–H and O–H groups in total. The first-order chi connectivity index (χ1) is 14.9. The minimum atomic E-state index is -0.280. The molecule has 3 unspecified atom stereocenters. The SMILES string of the molecule is Cc1ccc(COC(=O)N2CC3(CC(NC(=O)C4CCC5NNNC5C4)C3)C2)cc1Cl. The number of hydrogen-bond acceptors (Lipinski definition) is 6. The standard InChI is InChI=1S/C22H30ClN5O3/c1-13-2-3-14(6-17(13)23)10-31-21(30)28-11-22(12-28)8-16(9-22)24-20(29)15-4-5-18-19(7-15)26-27-25-18/h2-3,6,15-16,18-19,25-27H,4-5,7-12H2,1H3,(H,24,29). The van der Waals surface area contributed by atoms with Gasteiger partial charge in [-0.2, -0.15) is 5.53 Å². The monoisotopic (exact) mass is 447 g/mol. The van der Waals surface area contributed by atoms with Gasteiger partial charge in [0.2, 0.25) is 5.91 Å². The van der Waals surface area contributed by atoms with Crippen molar-refractivity contribution in [1.82, 2.24) is 26.6 Å². The summed E-state index contributed by atoms with van der Waals surface area (Å²) in [7, 11) is 0. The number of rotatable bonds is 4. The normalized spacial score (nSPS) is 29.1. The molecule has 9 heteroatoms. The number of nitrogens with one attached hydrogen (secondary N) is 4. The lowest BCUT2D eigenvalue weighted by molar-refractivity contribution is -0.131. The number of hydrogen-bond donors (Lipinski definition) is 4. The van der Waals surface area contributed by atoms with Crippen LogP contribution in [0.5, 0.6) is 0 Å². The maximum Gasteiger partial charge on any atom is 0.410 e. The first-order valence-corrected chi connectivity index (χ1v) is 11.5. The first-order valence-electron chi connectivity index (χ1n) is 11.1. The van der Waals surface area contributed by atoms with Gasteiger partial charge in [0, 0.05) is 47.6 Å². The van der Waals surface area contributed by atoms with Crippen molar-refractivity contribution in [1.29, 1.82) is 0 Å². The lowest BCUT2D eigenvalue weighted by atomic mass is 9.60. The van der Waals surface area contributed by atoms with Gasteiger partial charge >= 0.3 is 6.09 Å². The van der Waals surface area contributed by atoms with Crippen LogP contribution in [-0.2, 0) is 16.1 Å². The largest absolute Gasteiger partial charge is 0.445 e. The molecule has 8 nitrogen and oxygen atoms in total. The van der Waals surface area contributed by atoms with Crippen molar-refractivity contribution in [3.63, 3.8) is 0 Å². The van der Waals surface area contributed by atoms with Gasteiger partial charge in [-0.25, -0.2) is 15.6 Å². The van der Waals surface area contributed by atoms with Crippen LogP contribution in [0.1, 0.15) is 43.2 Å². The van der Waals surface area contributed by atoms with Crippen LogP contribution in [0.2, 0.25) is 5.02 Å². The van der Waals surface area contributed by atoms with E-state index in [4.69, 9.17) is 16.3 Å². The molecule has 4 fully saturated rings. The maximum absolute atomic E-state index is 12.7. The van der Waals surface area contributed by atoms with Gasteiger partial charge < -0.3 is 15.0 Å². The van der Waals surface area contributed by atoms with Gasteiger partial charge in [0.05, 0.1) is 0 Å². The third kappa shape index (κ3) is 4.26. The van der Waals surface area contributed by atoms with E-state index in [-0.39, 0.29) is 36.0 Å². The zero-order chi connectivity index (χ0) is 21.6. The van der Waals surface area contributed by atoms with E-state index < -0.39 is 0 Å². The van der Waals surface area contributed by atoms with Gasteiger partial charge in [0.25, 0.3) is 0 Å². The Kier molecular flexibility index (Phi) is 5.58. The van der Waals surface area contributed by atoms with Crippen molar-refractivity contribution in [3.8, 4) is 0 Å². The number of ether oxygens (including phenoxy) is 1. The second-order valence-corrected chi connectivity index (χ2v) is 10.2. The summed E-state index contributed by atoms with van der Waals surface area (Å²) < 4.78 is 5.44. The number of benzene rings is 1. The number of halogens is 1. The molecular weight excluding hydrogens is 418 g/mol. The molecule has 0 aromatic heterocycles. The van der Waals surface area contributed by atoms with E-state index in [1.165, 1.54) is 0 Å². The molecule has 1 spiro atoms. The van der Waals surface area contributed by atoms with Crippen molar-refractivity contribution in [2.45, 2.75) is 63.8 Å². The average molecular weight is 448 g/mol. The quantitative estimate of drug-likeness (QED) is 0.564. The van der Waals surface area contributed by atoms with Crippen molar-refractivity contribution >= 4 is 23.6 Å². The zero-order valence-electron chi connectivity index (χ0n) is 17.7. The van der Waals surface area contributed by atoms with Gasteiger partial charge in [-0.3, -0.25) is 4.79 Å². The third-order valence-corrected chi connectivity index (χ3v) is 7.76. The molecule has 0 radical (unpaired) electrons. The van der Waals surface area contributed by atoms with Crippen molar-refractivity contribution in [3.05, 3.63) is 34.3 Å². The Bertz CT molecular complexity index is 867. The van der Waals surface area contributed by atoms with Gasteiger partial charge in [-0.15, -0.1) is 0 Å². The Balaban J connectivity index is 1.02. The lowest BCUT2D eigenvalue weighted by Crippen LogP contribution is -2.67. The van der Waals surface area contributed by atoms with E-state index in [0.29, 0.717) is 30.2 Å². The molecule has 2 aliphatic heterocycles. The van der Waals surface area contributed by atoms with Crippen LogP contribution in [0.25, 0.3) is 0 Å². The minimum Gasteiger partial charge on any atom is -0.445 e. The highest BCUT2D eigenvalue weighted by atomic mass is 35.5. The number of carbonyl (C=O) groups is 2. The van der Waals surface area contributed by atoms with Crippen LogP contribution in [0.15, 0.2) is 18.2 Å². The van der Waals surface area contributed by atoms with Crippen molar-refractivity contribution < 1.29 is 14.3 Å². The fraction of sp³-hybridized carbons (Fsp3) is 0.636. The molecule has 4 aliphatic rings. The molecule has 5 rings (SSSR count). The number of likely N-dealkylation sites (tertiary alicyclic amines) is 1. The Morgan fingerprint density at radius 3 is 2.77 bits per heavy atom. The molecule has 31 heavy (non-hydrogen) atoms. The average Bonchev–Trinajstić information content (AvgIpc) is 3.17. The van der Waals surface area contributed by atoms with E-state index in [1.807, 2.05) is 25.1 Å². The van der Waals surface area contributed by atoms with E-state index in [0.717, 1.165) is 43.2 Å². The number of carbonyl (C=O) groups excluding carboxylic acids is 2. The third-order valence-electron chi connectivity index (χ3n) is 7.35. The number of aryl methyl sites for hydroxylation is 1. The fourth-order valence-electron chi connectivity index (χ4n) is 5.49. The molecule has 2 saturated heterocycles. The highest BCUT2D eigenvalue weighted by Gasteiger charge is 2.54. The first kappa shape index (κ1) is 21.0. The van der Waals surface area contributed by atoms with Crippen LogP contribution < -0.4 is 21.7 Å². The lowest BCUT2D eigenvalue weighted by Gasteiger charge is -2.58. The Morgan fingerprint density at radius 1 is 1.23 bits per heavy atom. The van der Waals surface area contributed by atoms with Crippen molar-refractivity contribution in [2.75, 3.05) is 13.1 Å². The highest BCUT2D eigenvalue weighted by Crippen LogP contribution is 2.48. The van der Waals surface area contributed by atoms with Crippen LogP contribution in [-0.4, -0.2) is 48.1 Å². The summed E-state index contributed by atoms with van der Waals surface area (Å²) in [4.78, 5) is 26.7. The smallest absolute Gasteiger partial charge is 0.410 e. The van der Waals surface area contributed by atoms with Crippen LogP contribution >= 0.6 is 11.6 Å². The Morgan fingerprint density at radius 2 is 2.00 bits per heavy atom. The molecule has 1 aromatic rings. The van der Waals surface area contributed by atoms with Crippen molar-refractivity contribution in [2.24, 2.45) is 11.3 Å². The molecule has 0 bridgehead atoms. The van der Waals surface area contributed by atoms with E-state index in [1.54, 1.807) is 4.90 Å². The number of amides is 2. The molecule has 2 amide bonds. The molecule has 3 atom stereocenters. The van der Waals surface area contributed by atoms with E-state index in [2.05, 4.69) is 21.7 Å². The van der Waals surface area contributed by atoms with Gasteiger partial charge in [0.1, 0.15) is 6.61 Å². The van der Waals surface area contributed by atoms with Gasteiger partial charge in [0.15, 0.2) is 0 Å². The Labute approximate surface area is 187 Å². The topological polar surface area (TPSA) is 94.7 Å². The summed E-state index contributed by atoms with van der Waals surface area (Å²) in [5.74, 6) is 0.259. The summed E-state index contributed by atoms with van der Waals surface area (Å²) >= 11 is 6.13. The predicted molar refractivity (Wildman–Crippen MR) is 116 cm³/mol. The highest BCUT2D eigenvalue weighted by molar-refractivity contribution is 6.31. The maximum atomic E-state index is 12.7.